The number of halogens is 1. The summed E-state index contributed by atoms with van der Waals surface area (Å²) in [6.07, 6.45) is 1.35. The van der Waals surface area contributed by atoms with Crippen molar-refractivity contribution < 1.29 is 24.5 Å². The Morgan fingerprint density at radius 1 is 1.36 bits per heavy atom. The maximum absolute atomic E-state index is 12.7. The fraction of sp³-hybridized carbons (Fsp3) is 0.500. The molecule has 3 rings (SSSR count). The zero-order valence-electron chi connectivity index (χ0n) is 13.4. The van der Waals surface area contributed by atoms with Crippen molar-refractivity contribution in [1.29, 1.82) is 0 Å². The van der Waals surface area contributed by atoms with E-state index < -0.39 is 40.4 Å². The predicted octanol–water partition coefficient (Wildman–Crippen LogP) is -0.875. The summed E-state index contributed by atoms with van der Waals surface area (Å²) in [6.45, 7) is 1.78. The van der Waals surface area contributed by atoms with Crippen molar-refractivity contribution >= 4 is 44.5 Å². The zero-order valence-corrected chi connectivity index (χ0v) is 15.0. The van der Waals surface area contributed by atoms with E-state index >= 15 is 0 Å². The monoisotopic (exact) mass is 413 g/mol. The fourth-order valence-corrected chi connectivity index (χ4v) is 4.14. The summed E-state index contributed by atoms with van der Waals surface area (Å²) in [7, 11) is 0. The van der Waals surface area contributed by atoms with Crippen molar-refractivity contribution in [2.75, 3.05) is 12.3 Å². The number of aliphatic hydroxyl groups is 2. The van der Waals surface area contributed by atoms with E-state index in [4.69, 9.17) is 10.5 Å². The summed E-state index contributed by atoms with van der Waals surface area (Å²) in [5.41, 5.74) is 1.59. The number of fused-ring (bicyclic) bond motifs is 1. The van der Waals surface area contributed by atoms with Gasteiger partial charge in [0, 0.05) is 0 Å². The third kappa shape index (κ3) is 2.09. The highest BCUT2D eigenvalue weighted by atomic mass is 79.9. The number of aromatic nitrogens is 4. The lowest BCUT2D eigenvalue weighted by Gasteiger charge is -2.38. The van der Waals surface area contributed by atoms with Crippen LogP contribution in [0.2, 0.25) is 0 Å². The first-order valence-electron chi connectivity index (χ1n) is 7.33. The molecule has 2 aromatic rings. The predicted molar refractivity (Wildman–Crippen MR) is 88.7 cm³/mol. The molecule has 0 radical (unpaired) electrons. The quantitative estimate of drug-likeness (QED) is 0.542. The van der Waals surface area contributed by atoms with E-state index in [1.165, 1.54) is 19.6 Å². The van der Waals surface area contributed by atoms with Crippen molar-refractivity contribution in [3.8, 4) is 0 Å². The van der Waals surface area contributed by atoms with Gasteiger partial charge in [0.25, 0.3) is 0 Å². The number of anilines is 1. The molecule has 134 valence electrons. The summed E-state index contributed by atoms with van der Waals surface area (Å²) in [5, 5.41) is 20.8. The molecule has 10 nitrogen and oxygen atoms in total. The second-order valence-corrected chi connectivity index (χ2v) is 6.80. The Kier molecular flexibility index (Phi) is 4.14. The standard InChI is InChI=1S/C14H16BrN5O5/c1-6(22)13(24)10(15)8(3-21)25-14(13,7(2)23)20-5-19-9-11(16)17-4-18-12(9)20/h4-5,8,10,21,24H,3H2,1-2H3,(H2,16,17,18)/t8-,10+,13-,14-/m1/s1. The number of imidazole rings is 1. The van der Waals surface area contributed by atoms with Crippen LogP contribution in [0.15, 0.2) is 12.7 Å². The summed E-state index contributed by atoms with van der Waals surface area (Å²) in [6, 6.07) is 0. The minimum Gasteiger partial charge on any atom is -0.394 e. The van der Waals surface area contributed by atoms with Gasteiger partial charge in [0.15, 0.2) is 28.6 Å². The lowest BCUT2D eigenvalue weighted by molar-refractivity contribution is -0.195. The first kappa shape index (κ1) is 17.9. The number of hydrogen-bond donors (Lipinski definition) is 3. The van der Waals surface area contributed by atoms with Gasteiger partial charge in [0.05, 0.1) is 11.4 Å². The van der Waals surface area contributed by atoms with Gasteiger partial charge in [0.2, 0.25) is 5.72 Å². The molecule has 0 spiro atoms. The Bertz CT molecular complexity index is 872. The fourth-order valence-electron chi connectivity index (χ4n) is 3.23. The molecule has 0 aromatic carbocycles. The molecule has 2 aromatic heterocycles. The third-order valence-corrected chi connectivity index (χ3v) is 5.71. The largest absolute Gasteiger partial charge is 0.394 e. The van der Waals surface area contributed by atoms with Crippen LogP contribution in [0.5, 0.6) is 0 Å². The number of nitrogens with two attached hydrogens (primary N) is 1. The first-order valence-corrected chi connectivity index (χ1v) is 8.24. The van der Waals surface area contributed by atoms with Crippen LogP contribution in [0.3, 0.4) is 0 Å². The summed E-state index contributed by atoms with van der Waals surface area (Å²) in [4.78, 5) is 35.9. The Morgan fingerprint density at radius 3 is 2.60 bits per heavy atom. The zero-order chi connectivity index (χ0) is 18.6. The van der Waals surface area contributed by atoms with Gasteiger partial charge < -0.3 is 20.7 Å². The van der Waals surface area contributed by atoms with Crippen LogP contribution < -0.4 is 5.73 Å². The molecule has 0 bridgehead atoms. The third-order valence-electron chi connectivity index (χ3n) is 4.46. The van der Waals surface area contributed by atoms with Crippen LogP contribution in [-0.4, -0.2) is 64.4 Å². The molecular weight excluding hydrogens is 398 g/mol. The Morgan fingerprint density at radius 2 is 2.04 bits per heavy atom. The molecular formula is C14H16BrN5O5. The van der Waals surface area contributed by atoms with Crippen LogP contribution in [0.4, 0.5) is 5.82 Å². The lowest BCUT2D eigenvalue weighted by Crippen LogP contribution is -2.63. The van der Waals surface area contributed by atoms with Crippen LogP contribution >= 0.6 is 15.9 Å². The number of nitrogens with zero attached hydrogens (tertiary/aromatic N) is 4. The number of ether oxygens (including phenoxy) is 1. The molecule has 1 saturated heterocycles. The van der Waals surface area contributed by atoms with Crippen LogP contribution in [-0.2, 0) is 20.1 Å². The summed E-state index contributed by atoms with van der Waals surface area (Å²) < 4.78 is 6.91. The number of Topliss-reactive ketones (excluding diaryl/α,β-unsaturated/α-hetero) is 2. The van der Waals surface area contributed by atoms with Crippen molar-refractivity contribution in [2.45, 2.75) is 36.1 Å². The molecule has 0 unspecified atom stereocenters. The minimum absolute atomic E-state index is 0.0703. The number of aliphatic hydroxyl groups excluding tert-OH is 1. The Labute approximate surface area is 150 Å². The van der Waals surface area contributed by atoms with E-state index in [1.807, 2.05) is 0 Å². The van der Waals surface area contributed by atoms with Crippen molar-refractivity contribution in [2.24, 2.45) is 0 Å². The van der Waals surface area contributed by atoms with E-state index in [2.05, 4.69) is 30.9 Å². The van der Waals surface area contributed by atoms with E-state index in [9.17, 15) is 19.8 Å². The molecule has 25 heavy (non-hydrogen) atoms. The number of rotatable bonds is 4. The highest BCUT2D eigenvalue weighted by molar-refractivity contribution is 9.09. The van der Waals surface area contributed by atoms with Gasteiger partial charge in [-0.1, -0.05) is 15.9 Å². The topological polar surface area (TPSA) is 153 Å². The van der Waals surface area contributed by atoms with Crippen molar-refractivity contribution in [3.05, 3.63) is 12.7 Å². The smallest absolute Gasteiger partial charge is 0.245 e. The Balaban J connectivity index is 2.38. The van der Waals surface area contributed by atoms with Crippen LogP contribution in [0.1, 0.15) is 13.8 Å². The Hall–Kier alpha value is -1.95. The van der Waals surface area contributed by atoms with Crippen LogP contribution in [0, 0.1) is 0 Å². The van der Waals surface area contributed by atoms with Gasteiger partial charge in [-0.15, -0.1) is 0 Å². The number of alkyl halides is 1. The first-order chi connectivity index (χ1) is 11.7. The van der Waals surface area contributed by atoms with Crippen LogP contribution in [0.25, 0.3) is 11.2 Å². The lowest BCUT2D eigenvalue weighted by atomic mass is 9.82. The number of nitrogen functional groups attached to an aromatic ring is 1. The van der Waals surface area contributed by atoms with Gasteiger partial charge >= 0.3 is 0 Å². The number of carbonyl (C=O) groups excluding carboxylic acids is 2. The summed E-state index contributed by atoms with van der Waals surface area (Å²) >= 11 is 3.20. The van der Waals surface area contributed by atoms with Crippen molar-refractivity contribution in [3.63, 3.8) is 0 Å². The highest BCUT2D eigenvalue weighted by Gasteiger charge is 2.71. The van der Waals surface area contributed by atoms with Gasteiger partial charge in [-0.2, -0.15) is 0 Å². The van der Waals surface area contributed by atoms with Gasteiger partial charge in [-0.05, 0) is 13.8 Å². The van der Waals surface area contributed by atoms with E-state index in [0.29, 0.717) is 0 Å². The van der Waals surface area contributed by atoms with E-state index in [-0.39, 0.29) is 17.0 Å². The average Bonchev–Trinajstić information content (AvgIpc) is 3.08. The molecule has 0 saturated carbocycles. The van der Waals surface area contributed by atoms with Gasteiger partial charge in [0.1, 0.15) is 24.3 Å². The summed E-state index contributed by atoms with van der Waals surface area (Å²) in [5.74, 6) is -1.31. The molecule has 0 amide bonds. The van der Waals surface area contributed by atoms with E-state index in [1.54, 1.807) is 0 Å². The minimum atomic E-state index is -2.31. The maximum Gasteiger partial charge on any atom is 0.245 e. The molecule has 11 heteroatoms. The molecule has 4 N–H and O–H groups in total. The molecule has 1 fully saturated rings. The molecule has 1 aliphatic heterocycles. The molecule has 4 atom stereocenters. The maximum atomic E-state index is 12.7. The number of hydrogen-bond acceptors (Lipinski definition) is 9. The van der Waals surface area contributed by atoms with E-state index in [0.717, 1.165) is 11.5 Å². The number of ketones is 2. The normalized spacial score (nSPS) is 32.2. The second kappa shape index (κ2) is 5.80. The second-order valence-electron chi connectivity index (χ2n) is 5.81. The SMILES string of the molecule is CC(=O)[C@@]1(O)[C@@H](Br)[C@@H](CO)O[C@@]1(C(C)=O)n1cnc2c(N)ncnc21. The van der Waals surface area contributed by atoms with Crippen molar-refractivity contribution in [1.82, 2.24) is 19.5 Å². The van der Waals surface area contributed by atoms with Gasteiger partial charge in [-0.25, -0.2) is 15.0 Å². The molecule has 1 aliphatic rings. The highest BCUT2D eigenvalue weighted by Crippen LogP contribution is 2.49. The number of carbonyl (C=O) groups is 2. The van der Waals surface area contributed by atoms with Gasteiger partial charge in [-0.3, -0.25) is 14.2 Å². The molecule has 0 aliphatic carbocycles. The average molecular weight is 414 g/mol. The molecule has 3 heterocycles.